The Labute approximate surface area is 204 Å². The van der Waals surface area contributed by atoms with Gasteiger partial charge in [0, 0.05) is 19.1 Å². The minimum atomic E-state index is -0.819. The van der Waals surface area contributed by atoms with Gasteiger partial charge in [0.05, 0.1) is 12.0 Å². The molecule has 0 spiro atoms. The summed E-state index contributed by atoms with van der Waals surface area (Å²) in [5.74, 6) is -1.68. The number of rotatable bonds is 7. The van der Waals surface area contributed by atoms with Crippen molar-refractivity contribution in [2.45, 2.75) is 43.7 Å². The van der Waals surface area contributed by atoms with Gasteiger partial charge >= 0.3 is 12.1 Å². The van der Waals surface area contributed by atoms with E-state index in [9.17, 15) is 19.5 Å². The van der Waals surface area contributed by atoms with E-state index in [0.29, 0.717) is 26.0 Å². The second-order valence-corrected chi connectivity index (χ2v) is 9.54. The van der Waals surface area contributed by atoms with Gasteiger partial charge in [0.25, 0.3) is 5.91 Å². The molecule has 0 unspecified atom stereocenters. The van der Waals surface area contributed by atoms with Crippen LogP contribution >= 0.6 is 0 Å². The molecule has 4 atom stereocenters. The molecule has 0 bridgehead atoms. The van der Waals surface area contributed by atoms with Crippen molar-refractivity contribution >= 4 is 18.0 Å². The van der Waals surface area contributed by atoms with Gasteiger partial charge in [-0.2, -0.15) is 0 Å². The normalized spacial score (nSPS) is 25.0. The molecule has 8 heteroatoms. The summed E-state index contributed by atoms with van der Waals surface area (Å²) in [5, 5.41) is 15.0. The van der Waals surface area contributed by atoms with Crippen LogP contribution in [0.5, 0.6) is 0 Å². The minimum Gasteiger partial charge on any atom is -0.481 e. The van der Waals surface area contributed by atoms with E-state index in [1.54, 1.807) is 0 Å². The van der Waals surface area contributed by atoms with Gasteiger partial charge in [-0.15, -0.1) is 0 Å². The third-order valence-electron chi connectivity index (χ3n) is 7.51. The van der Waals surface area contributed by atoms with Crippen LogP contribution in [0.15, 0.2) is 48.5 Å². The zero-order chi connectivity index (χ0) is 24.4. The summed E-state index contributed by atoms with van der Waals surface area (Å²) in [5.41, 5.74) is 4.58. The van der Waals surface area contributed by atoms with Crippen LogP contribution in [0, 0.1) is 11.8 Å². The topological polar surface area (TPSA) is 114 Å². The summed E-state index contributed by atoms with van der Waals surface area (Å²) >= 11 is 0. The summed E-state index contributed by atoms with van der Waals surface area (Å²) < 4.78 is 11.2. The van der Waals surface area contributed by atoms with Gasteiger partial charge in [-0.3, -0.25) is 9.59 Å². The molecule has 2 fully saturated rings. The summed E-state index contributed by atoms with van der Waals surface area (Å²) in [4.78, 5) is 36.8. The lowest BCUT2D eigenvalue weighted by atomic mass is 9.96. The van der Waals surface area contributed by atoms with Crippen molar-refractivity contribution in [3.8, 4) is 11.1 Å². The number of benzene rings is 2. The van der Waals surface area contributed by atoms with Crippen molar-refractivity contribution < 1.29 is 29.0 Å². The Hall–Kier alpha value is -3.39. The van der Waals surface area contributed by atoms with Gasteiger partial charge in [0.2, 0.25) is 0 Å². The SMILES string of the molecule is O=C(N[C@H]1CCO[C@H]1C(=O)NC[C@H]1CCC[C@H]1C(=O)O)OCC1c2ccccc2-c2ccccc21. The number of aliphatic carboxylic acids is 1. The van der Waals surface area contributed by atoms with Crippen LogP contribution in [-0.4, -0.2) is 55.0 Å². The Bertz CT molecular complexity index is 1070. The molecule has 1 saturated heterocycles. The summed E-state index contributed by atoms with van der Waals surface area (Å²) in [6.45, 7) is 0.851. The molecule has 2 aromatic carbocycles. The molecular formula is C27H30N2O6. The molecule has 2 aromatic rings. The lowest BCUT2D eigenvalue weighted by Crippen LogP contribution is -2.49. The molecule has 184 valence electrons. The predicted octanol–water partition coefficient (Wildman–Crippen LogP) is 3.30. The first-order chi connectivity index (χ1) is 17.0. The minimum absolute atomic E-state index is 0.0410. The van der Waals surface area contributed by atoms with E-state index in [0.717, 1.165) is 35.1 Å². The van der Waals surface area contributed by atoms with Crippen molar-refractivity contribution in [3.05, 3.63) is 59.7 Å². The molecular weight excluding hydrogens is 448 g/mol. The summed E-state index contributed by atoms with van der Waals surface area (Å²) in [6, 6.07) is 15.8. The van der Waals surface area contributed by atoms with Crippen molar-refractivity contribution in [1.29, 1.82) is 0 Å². The number of hydrogen-bond acceptors (Lipinski definition) is 5. The molecule has 0 radical (unpaired) electrons. The van der Waals surface area contributed by atoms with E-state index in [1.807, 2.05) is 24.3 Å². The van der Waals surface area contributed by atoms with Crippen LogP contribution < -0.4 is 10.6 Å². The number of fused-ring (bicyclic) bond motifs is 3. The van der Waals surface area contributed by atoms with Gasteiger partial charge in [-0.05, 0) is 47.4 Å². The van der Waals surface area contributed by atoms with Gasteiger partial charge < -0.3 is 25.2 Å². The largest absolute Gasteiger partial charge is 0.481 e. The average Bonchev–Trinajstić information content (AvgIpc) is 3.59. The highest BCUT2D eigenvalue weighted by atomic mass is 16.6. The lowest BCUT2D eigenvalue weighted by molar-refractivity contribution is -0.143. The number of nitrogens with one attached hydrogen (secondary N) is 2. The third kappa shape index (κ3) is 4.75. The molecule has 5 rings (SSSR count). The first-order valence-electron chi connectivity index (χ1n) is 12.3. The van der Waals surface area contributed by atoms with E-state index in [-0.39, 0.29) is 24.3 Å². The fraction of sp³-hybridized carbons (Fsp3) is 0.444. The van der Waals surface area contributed by atoms with Crippen molar-refractivity contribution in [2.24, 2.45) is 11.8 Å². The standard InChI is InChI=1S/C27H30N2O6/c30-25(28-14-16-6-5-11-17(16)26(31)32)24-23(12-13-34-24)29-27(33)35-15-22-20-9-3-1-7-18(20)19-8-2-4-10-21(19)22/h1-4,7-10,16-17,22-24H,5-6,11-15H2,(H,28,30)(H,29,33)(H,31,32)/t16-,17-,23+,24-/m1/s1. The Morgan fingerprint density at radius 2 is 1.66 bits per heavy atom. The number of alkyl carbamates (subject to hydrolysis) is 1. The van der Waals surface area contributed by atoms with Crippen LogP contribution in [0.2, 0.25) is 0 Å². The number of hydrogen-bond donors (Lipinski definition) is 3. The number of carboxylic acids is 1. The molecule has 8 nitrogen and oxygen atoms in total. The quantitative estimate of drug-likeness (QED) is 0.563. The fourth-order valence-corrected chi connectivity index (χ4v) is 5.73. The highest BCUT2D eigenvalue weighted by molar-refractivity contribution is 5.83. The maximum Gasteiger partial charge on any atom is 0.407 e. The molecule has 1 saturated carbocycles. The van der Waals surface area contributed by atoms with E-state index in [1.165, 1.54) is 0 Å². The predicted molar refractivity (Wildman–Crippen MR) is 128 cm³/mol. The number of carbonyl (C=O) groups is 3. The fourth-order valence-electron chi connectivity index (χ4n) is 5.73. The summed E-state index contributed by atoms with van der Waals surface area (Å²) in [6.07, 6.45) is 1.38. The molecule has 2 aliphatic carbocycles. The average molecular weight is 479 g/mol. The van der Waals surface area contributed by atoms with E-state index in [2.05, 4.69) is 34.9 Å². The van der Waals surface area contributed by atoms with Crippen LogP contribution in [0.1, 0.15) is 42.7 Å². The Kier molecular flexibility index (Phi) is 6.72. The van der Waals surface area contributed by atoms with Crippen molar-refractivity contribution in [3.63, 3.8) is 0 Å². The van der Waals surface area contributed by atoms with Gasteiger partial charge in [-0.25, -0.2) is 4.79 Å². The molecule has 35 heavy (non-hydrogen) atoms. The highest BCUT2D eigenvalue weighted by Gasteiger charge is 2.38. The van der Waals surface area contributed by atoms with E-state index < -0.39 is 30.1 Å². The van der Waals surface area contributed by atoms with Gasteiger partial charge in [0.1, 0.15) is 6.61 Å². The Morgan fingerprint density at radius 1 is 0.971 bits per heavy atom. The Balaban J connectivity index is 1.15. The molecule has 1 aliphatic heterocycles. The van der Waals surface area contributed by atoms with Crippen LogP contribution in [0.4, 0.5) is 4.79 Å². The molecule has 0 aromatic heterocycles. The molecule has 1 heterocycles. The lowest BCUT2D eigenvalue weighted by Gasteiger charge is -2.22. The Morgan fingerprint density at radius 3 is 2.34 bits per heavy atom. The first kappa shape index (κ1) is 23.4. The zero-order valence-electron chi connectivity index (χ0n) is 19.4. The van der Waals surface area contributed by atoms with E-state index >= 15 is 0 Å². The van der Waals surface area contributed by atoms with E-state index in [4.69, 9.17) is 9.47 Å². The highest BCUT2D eigenvalue weighted by Crippen LogP contribution is 2.44. The van der Waals surface area contributed by atoms with Gasteiger partial charge in [0.15, 0.2) is 6.10 Å². The summed E-state index contributed by atoms with van der Waals surface area (Å²) in [7, 11) is 0. The second-order valence-electron chi connectivity index (χ2n) is 9.54. The number of amides is 2. The van der Waals surface area contributed by atoms with Crippen LogP contribution in [0.3, 0.4) is 0 Å². The van der Waals surface area contributed by atoms with Crippen LogP contribution in [-0.2, 0) is 19.1 Å². The smallest absolute Gasteiger partial charge is 0.407 e. The molecule has 3 aliphatic rings. The maximum absolute atomic E-state index is 12.7. The monoisotopic (exact) mass is 478 g/mol. The van der Waals surface area contributed by atoms with Crippen molar-refractivity contribution in [1.82, 2.24) is 10.6 Å². The van der Waals surface area contributed by atoms with Gasteiger partial charge in [-0.1, -0.05) is 55.0 Å². The zero-order valence-corrected chi connectivity index (χ0v) is 19.4. The van der Waals surface area contributed by atoms with Crippen molar-refractivity contribution in [2.75, 3.05) is 19.8 Å². The molecule has 3 N–H and O–H groups in total. The van der Waals surface area contributed by atoms with Crippen LogP contribution in [0.25, 0.3) is 11.1 Å². The maximum atomic E-state index is 12.7. The number of carboxylic acid groups (broad SMARTS) is 1. The number of carbonyl (C=O) groups excluding carboxylic acids is 2. The first-order valence-corrected chi connectivity index (χ1v) is 12.3. The second kappa shape index (κ2) is 10.1. The number of ether oxygens (including phenoxy) is 2. The third-order valence-corrected chi connectivity index (χ3v) is 7.51. The molecule has 2 amide bonds.